The summed E-state index contributed by atoms with van der Waals surface area (Å²) < 4.78 is 51.7. The number of alkyl halides is 3. The minimum absolute atomic E-state index is 0.160. The van der Waals surface area contributed by atoms with Crippen LogP contribution in [0.1, 0.15) is 39.7 Å². The van der Waals surface area contributed by atoms with Gasteiger partial charge in [-0.25, -0.2) is 9.74 Å². The smallest absolute Gasteiger partial charge is 0.407 e. The van der Waals surface area contributed by atoms with Crippen molar-refractivity contribution in [1.29, 1.82) is 0 Å². The normalized spacial score (nSPS) is 33.6. The third-order valence-corrected chi connectivity index (χ3v) is 6.64. The molecule has 1 aromatic rings. The van der Waals surface area contributed by atoms with Crippen LogP contribution in [0.4, 0.5) is 24.5 Å². The minimum atomic E-state index is -4.83. The maximum Gasteiger partial charge on any atom is 0.407 e. The van der Waals surface area contributed by atoms with Crippen LogP contribution in [0.5, 0.6) is 0 Å². The molecule has 3 heterocycles. The summed E-state index contributed by atoms with van der Waals surface area (Å²) in [5, 5.41) is 0. The van der Waals surface area contributed by atoms with Gasteiger partial charge in [0.2, 0.25) is 11.8 Å². The van der Waals surface area contributed by atoms with E-state index in [0.29, 0.717) is 6.07 Å². The molecular weight excluding hydrogens is 429 g/mol. The zero-order chi connectivity index (χ0) is 23.8. The Morgan fingerprint density at radius 1 is 1.25 bits per heavy atom. The van der Waals surface area contributed by atoms with Gasteiger partial charge in [-0.05, 0) is 46.2 Å². The van der Waals surface area contributed by atoms with Crippen molar-refractivity contribution in [2.24, 2.45) is 17.8 Å². The molecule has 0 N–H and O–H groups in total. The van der Waals surface area contributed by atoms with Gasteiger partial charge in [-0.3, -0.25) is 14.4 Å². The van der Waals surface area contributed by atoms with Crippen LogP contribution in [0.15, 0.2) is 18.2 Å². The zero-order valence-corrected chi connectivity index (χ0v) is 17.8. The molecule has 2 amide bonds. The third-order valence-electron chi connectivity index (χ3n) is 6.64. The van der Waals surface area contributed by atoms with E-state index in [1.807, 2.05) is 0 Å². The Hall–Kier alpha value is -2.93. The first-order chi connectivity index (χ1) is 14.7. The lowest BCUT2D eigenvalue weighted by Gasteiger charge is -2.34. The Labute approximate surface area is 182 Å². The van der Waals surface area contributed by atoms with Crippen LogP contribution >= 0.6 is 0 Å². The number of esters is 1. The number of carbonyl (C=O) groups is 3. The van der Waals surface area contributed by atoms with E-state index >= 15 is 0 Å². The molecule has 1 aromatic carbocycles. The van der Waals surface area contributed by atoms with Crippen LogP contribution < -0.4 is 4.90 Å². The van der Waals surface area contributed by atoms with Crippen molar-refractivity contribution in [1.82, 2.24) is 0 Å². The van der Waals surface area contributed by atoms with Crippen LogP contribution in [0.25, 0.3) is 4.85 Å². The molecule has 0 spiro atoms. The molecule has 170 valence electrons. The van der Waals surface area contributed by atoms with Crippen molar-refractivity contribution in [2.45, 2.75) is 57.6 Å². The highest BCUT2D eigenvalue weighted by atomic mass is 19.4. The minimum Gasteiger partial charge on any atom is -0.463 e. The Balaban J connectivity index is 1.75. The molecule has 0 radical (unpaired) electrons. The van der Waals surface area contributed by atoms with Gasteiger partial charge in [-0.1, -0.05) is 6.07 Å². The number of carbonyl (C=O) groups excluding carboxylic acids is 3. The van der Waals surface area contributed by atoms with Gasteiger partial charge in [-0.2, -0.15) is 13.2 Å². The van der Waals surface area contributed by atoms with Crippen molar-refractivity contribution < 1.29 is 37.0 Å². The van der Waals surface area contributed by atoms with E-state index in [4.69, 9.17) is 16.0 Å². The molecule has 0 saturated carbocycles. The molecule has 3 fully saturated rings. The summed E-state index contributed by atoms with van der Waals surface area (Å²) in [6, 6.07) is 2.73. The number of nitrogens with zero attached hydrogens (tertiary/aromatic N) is 2. The number of rotatable bonds is 3. The topological polar surface area (TPSA) is 77.3 Å². The van der Waals surface area contributed by atoms with E-state index in [1.165, 1.54) is 0 Å². The number of benzene rings is 1. The predicted molar refractivity (Wildman–Crippen MR) is 104 cm³/mol. The molecule has 2 bridgehead atoms. The fourth-order valence-corrected chi connectivity index (χ4v) is 5.43. The summed E-state index contributed by atoms with van der Waals surface area (Å²) in [5.41, 5.74) is -4.57. The lowest BCUT2D eigenvalue weighted by molar-refractivity contribution is -0.160. The fourth-order valence-electron chi connectivity index (χ4n) is 5.43. The molecule has 2 unspecified atom stereocenters. The van der Waals surface area contributed by atoms with Crippen LogP contribution in [-0.4, -0.2) is 35.1 Å². The van der Waals surface area contributed by atoms with Gasteiger partial charge in [0.25, 0.3) is 0 Å². The van der Waals surface area contributed by atoms with E-state index in [9.17, 15) is 27.6 Å². The van der Waals surface area contributed by atoms with Crippen LogP contribution in [0.3, 0.4) is 0 Å². The van der Waals surface area contributed by atoms with Gasteiger partial charge >= 0.3 is 12.1 Å². The highest BCUT2D eigenvalue weighted by Crippen LogP contribution is 2.63. The monoisotopic (exact) mass is 450 g/mol. The summed E-state index contributed by atoms with van der Waals surface area (Å²) in [4.78, 5) is 42.9. The highest BCUT2D eigenvalue weighted by molar-refractivity contribution is 6.23. The first kappa shape index (κ1) is 22.3. The fraction of sp³-hybridized carbons (Fsp3) is 0.545. The van der Waals surface area contributed by atoms with Crippen LogP contribution in [-0.2, 0) is 30.0 Å². The van der Waals surface area contributed by atoms with E-state index in [1.54, 1.807) is 27.7 Å². The van der Waals surface area contributed by atoms with Crippen molar-refractivity contribution in [3.05, 3.63) is 35.2 Å². The third kappa shape index (κ3) is 2.94. The first-order valence-corrected chi connectivity index (χ1v) is 10.1. The van der Waals surface area contributed by atoms with Gasteiger partial charge in [0, 0.05) is 5.69 Å². The van der Waals surface area contributed by atoms with E-state index in [2.05, 4.69) is 4.85 Å². The average molecular weight is 450 g/mol. The van der Waals surface area contributed by atoms with E-state index in [0.717, 1.165) is 17.0 Å². The van der Waals surface area contributed by atoms with Gasteiger partial charge in [0.15, 0.2) is 5.69 Å². The van der Waals surface area contributed by atoms with Gasteiger partial charge in [0.1, 0.15) is 0 Å². The van der Waals surface area contributed by atoms with Crippen LogP contribution in [0, 0.1) is 24.3 Å². The number of hydrogen-bond acceptors (Lipinski definition) is 5. The van der Waals surface area contributed by atoms with Gasteiger partial charge in [-0.15, -0.1) is 0 Å². The van der Waals surface area contributed by atoms with Crippen LogP contribution in [0.2, 0.25) is 0 Å². The first-order valence-electron chi connectivity index (χ1n) is 10.1. The summed E-state index contributed by atoms with van der Waals surface area (Å²) in [6.07, 6.45) is -5.05. The molecule has 0 aromatic heterocycles. The number of amides is 2. The number of hydrogen-bond donors (Lipinski definition) is 0. The molecule has 4 rings (SSSR count). The Bertz CT molecular complexity index is 1080. The number of halogens is 3. The SMILES string of the molecule is [C-]#[N+]c1ccc(N2C(=O)[C@@H]3[C@H](C2=O)C2(C)OC3(C)C[C@@H]2C(=O)OC(C)C)cc1C(F)(F)F. The molecule has 3 saturated heterocycles. The summed E-state index contributed by atoms with van der Waals surface area (Å²) in [6.45, 7) is 13.6. The second-order valence-corrected chi connectivity index (χ2v) is 9.12. The Morgan fingerprint density at radius 2 is 1.88 bits per heavy atom. The predicted octanol–water partition coefficient (Wildman–Crippen LogP) is 3.88. The second-order valence-electron chi connectivity index (χ2n) is 9.12. The Morgan fingerprint density at radius 3 is 2.44 bits per heavy atom. The molecule has 3 aliphatic heterocycles. The summed E-state index contributed by atoms with van der Waals surface area (Å²) in [5.74, 6) is -4.69. The highest BCUT2D eigenvalue weighted by Gasteiger charge is 2.77. The number of anilines is 1. The van der Waals surface area contributed by atoms with Crippen molar-refractivity contribution >= 4 is 29.2 Å². The zero-order valence-electron chi connectivity index (χ0n) is 17.8. The van der Waals surface area contributed by atoms with E-state index < -0.39 is 64.2 Å². The Kier molecular flexibility index (Phi) is 4.72. The average Bonchev–Trinajstić information content (AvgIpc) is 3.21. The standard InChI is InChI=1S/C22H21F3N2O5/c1-10(2)31-19(30)13-9-20(3)15-16(21(13,4)32-20)18(29)27(17(15)28)11-6-7-14(26-5)12(8-11)22(23,24)25/h6-8,10,13,15-16H,9H2,1-4H3/t13-,15+,16-,20?,21?/m1/s1. The lowest BCUT2D eigenvalue weighted by Crippen LogP contribution is -2.49. The quantitative estimate of drug-likeness (QED) is 0.397. The summed E-state index contributed by atoms with van der Waals surface area (Å²) in [7, 11) is 0. The number of fused-ring (bicyclic) bond motifs is 5. The van der Waals surface area contributed by atoms with Crippen molar-refractivity contribution in [3.63, 3.8) is 0 Å². The molecule has 3 aliphatic rings. The lowest BCUT2D eigenvalue weighted by atomic mass is 9.64. The molecule has 5 atom stereocenters. The van der Waals surface area contributed by atoms with Crippen molar-refractivity contribution in [2.75, 3.05) is 4.90 Å². The summed E-state index contributed by atoms with van der Waals surface area (Å²) >= 11 is 0. The van der Waals surface area contributed by atoms with Crippen molar-refractivity contribution in [3.8, 4) is 0 Å². The maximum absolute atomic E-state index is 13.4. The number of ether oxygens (including phenoxy) is 2. The largest absolute Gasteiger partial charge is 0.463 e. The molecule has 32 heavy (non-hydrogen) atoms. The molecule has 10 heteroatoms. The molecule has 0 aliphatic carbocycles. The second kappa shape index (κ2) is 6.78. The van der Waals surface area contributed by atoms with Gasteiger partial charge in [0.05, 0.1) is 47.2 Å². The maximum atomic E-state index is 13.4. The molecular formula is C22H21F3N2O5. The van der Waals surface area contributed by atoms with E-state index in [-0.39, 0.29) is 18.2 Å². The number of imide groups is 1. The molecule has 7 nitrogen and oxygen atoms in total. The van der Waals surface area contributed by atoms with Gasteiger partial charge < -0.3 is 9.47 Å².